The van der Waals surface area contributed by atoms with Crippen LogP contribution in [0.15, 0.2) is 29.2 Å². The minimum atomic E-state index is -3.63. The number of aromatic nitrogens is 3. The van der Waals surface area contributed by atoms with E-state index >= 15 is 0 Å². The van der Waals surface area contributed by atoms with E-state index in [1.807, 2.05) is 4.90 Å². The first-order chi connectivity index (χ1) is 18.0. The van der Waals surface area contributed by atoms with E-state index in [0.29, 0.717) is 81.9 Å². The molecule has 1 aromatic carbocycles. The third-order valence-electron chi connectivity index (χ3n) is 6.68. The lowest BCUT2D eigenvalue weighted by Gasteiger charge is -2.34. The molecule has 0 amide bonds. The maximum Gasteiger partial charge on any atom is 0.243 e. The Balaban J connectivity index is 1.28. The Morgan fingerprint density at radius 2 is 1.46 bits per heavy atom. The molecule has 3 aliphatic rings. The van der Waals surface area contributed by atoms with Gasteiger partial charge in [0.25, 0.3) is 0 Å². The van der Waals surface area contributed by atoms with E-state index in [4.69, 9.17) is 31.0 Å². The predicted molar refractivity (Wildman–Crippen MR) is 141 cm³/mol. The van der Waals surface area contributed by atoms with Crippen molar-refractivity contribution in [1.29, 1.82) is 0 Å². The van der Waals surface area contributed by atoms with Crippen molar-refractivity contribution in [2.24, 2.45) is 0 Å². The molecule has 0 unspecified atom stereocenters. The van der Waals surface area contributed by atoms with Gasteiger partial charge in [0.1, 0.15) is 0 Å². The number of nitrogens with zero attached hydrogens (tertiary/aromatic N) is 7. The monoisotopic (exact) mass is 552 g/mol. The quantitative estimate of drug-likeness (QED) is 0.496. The molecule has 3 fully saturated rings. The highest BCUT2D eigenvalue weighted by Gasteiger charge is 2.30. The summed E-state index contributed by atoms with van der Waals surface area (Å²) in [5, 5.41) is 3.76. The summed E-state index contributed by atoms with van der Waals surface area (Å²) in [6.45, 7) is 9.21. The number of anilines is 3. The molecule has 0 atom stereocenters. The molecule has 3 aliphatic heterocycles. The first-order valence-electron chi connectivity index (χ1n) is 12.6. The van der Waals surface area contributed by atoms with Gasteiger partial charge in [-0.2, -0.15) is 19.3 Å². The fourth-order valence-electron chi connectivity index (χ4n) is 4.53. The summed E-state index contributed by atoms with van der Waals surface area (Å²) in [7, 11) is -3.63. The minimum Gasteiger partial charge on any atom is -0.379 e. The lowest BCUT2D eigenvalue weighted by atomic mass is 10.4. The average molecular weight is 553 g/mol. The van der Waals surface area contributed by atoms with Gasteiger partial charge in [0.2, 0.25) is 27.9 Å². The van der Waals surface area contributed by atoms with Crippen molar-refractivity contribution in [3.63, 3.8) is 0 Å². The van der Waals surface area contributed by atoms with Gasteiger partial charge in [-0.1, -0.05) is 17.7 Å². The highest BCUT2D eigenvalue weighted by Crippen LogP contribution is 2.23. The zero-order valence-electron chi connectivity index (χ0n) is 20.8. The van der Waals surface area contributed by atoms with E-state index in [-0.39, 0.29) is 4.90 Å². The summed E-state index contributed by atoms with van der Waals surface area (Å²) in [4.78, 5) is 20.8. The topological polar surface area (TPSA) is 116 Å². The molecule has 1 aromatic heterocycles. The Morgan fingerprint density at radius 1 is 0.838 bits per heavy atom. The van der Waals surface area contributed by atoms with Crippen LogP contribution >= 0.6 is 11.6 Å². The molecule has 2 aromatic rings. The second-order valence-electron chi connectivity index (χ2n) is 9.09. The molecule has 5 rings (SSSR count). The lowest BCUT2D eigenvalue weighted by Crippen LogP contribution is -2.49. The predicted octanol–water partition coefficient (Wildman–Crippen LogP) is 0.617. The number of piperazine rings is 1. The maximum absolute atomic E-state index is 13.1. The Labute approximate surface area is 222 Å². The molecule has 0 radical (unpaired) electrons. The van der Waals surface area contributed by atoms with Crippen LogP contribution in [-0.2, 0) is 19.5 Å². The van der Waals surface area contributed by atoms with Crippen molar-refractivity contribution in [2.75, 3.05) is 107 Å². The standard InChI is InChI=1S/C23H33ClN8O4S/c24-19-2-1-3-20(18-19)37(33,34)32-8-6-30(7-9-32)22-26-21(25-4-5-29-10-14-35-15-11-29)27-23(28-22)31-12-16-36-17-13-31/h1-3,18H,4-17H2,(H,25,26,27,28). The number of halogens is 1. The van der Waals surface area contributed by atoms with E-state index in [0.717, 1.165) is 32.8 Å². The van der Waals surface area contributed by atoms with E-state index in [1.54, 1.807) is 18.2 Å². The van der Waals surface area contributed by atoms with Gasteiger partial charge in [0.05, 0.1) is 31.3 Å². The highest BCUT2D eigenvalue weighted by molar-refractivity contribution is 7.89. The summed E-state index contributed by atoms with van der Waals surface area (Å²) in [5.74, 6) is 1.68. The van der Waals surface area contributed by atoms with Gasteiger partial charge in [-0.15, -0.1) is 0 Å². The van der Waals surface area contributed by atoms with Crippen molar-refractivity contribution >= 4 is 39.5 Å². The van der Waals surface area contributed by atoms with Crippen LogP contribution in [0, 0.1) is 0 Å². The molecule has 14 heteroatoms. The number of nitrogens with one attached hydrogen (secondary N) is 1. The van der Waals surface area contributed by atoms with Crippen LogP contribution in [0.1, 0.15) is 0 Å². The summed E-state index contributed by atoms with van der Waals surface area (Å²) in [5.41, 5.74) is 0. The first-order valence-corrected chi connectivity index (χ1v) is 14.4. The normalized spacial score (nSPS) is 20.2. The number of hydrogen-bond donors (Lipinski definition) is 1. The van der Waals surface area contributed by atoms with Gasteiger partial charge in [0.15, 0.2) is 0 Å². The Bertz CT molecular complexity index is 1150. The van der Waals surface area contributed by atoms with Gasteiger partial charge in [0, 0.05) is 70.5 Å². The fourth-order valence-corrected chi connectivity index (χ4v) is 6.26. The molecular formula is C23H33ClN8O4S. The van der Waals surface area contributed by atoms with Crippen LogP contribution < -0.4 is 15.1 Å². The smallest absolute Gasteiger partial charge is 0.243 e. The Kier molecular flexibility index (Phi) is 8.57. The van der Waals surface area contributed by atoms with Crippen LogP contribution in [0.5, 0.6) is 0 Å². The molecular weight excluding hydrogens is 520 g/mol. The Hall–Kier alpha value is -2.29. The molecule has 12 nitrogen and oxygen atoms in total. The van der Waals surface area contributed by atoms with E-state index < -0.39 is 10.0 Å². The minimum absolute atomic E-state index is 0.204. The van der Waals surface area contributed by atoms with Gasteiger partial charge in [-0.25, -0.2) is 8.42 Å². The van der Waals surface area contributed by atoms with E-state index in [2.05, 4.69) is 20.1 Å². The van der Waals surface area contributed by atoms with Gasteiger partial charge in [-0.05, 0) is 18.2 Å². The Morgan fingerprint density at radius 3 is 2.11 bits per heavy atom. The van der Waals surface area contributed by atoms with Crippen LogP contribution in [-0.4, -0.2) is 124 Å². The summed E-state index contributed by atoms with van der Waals surface area (Å²) in [6.07, 6.45) is 0. The van der Waals surface area contributed by atoms with Crippen LogP contribution in [0.4, 0.5) is 17.8 Å². The number of sulfonamides is 1. The van der Waals surface area contributed by atoms with Crippen molar-refractivity contribution in [2.45, 2.75) is 4.90 Å². The fraction of sp³-hybridized carbons (Fsp3) is 0.609. The van der Waals surface area contributed by atoms with Crippen LogP contribution in [0.3, 0.4) is 0 Å². The molecule has 4 heterocycles. The summed E-state index contributed by atoms with van der Waals surface area (Å²) in [6, 6.07) is 6.37. The molecule has 0 bridgehead atoms. The lowest BCUT2D eigenvalue weighted by molar-refractivity contribution is 0.0398. The van der Waals surface area contributed by atoms with Crippen molar-refractivity contribution in [1.82, 2.24) is 24.2 Å². The molecule has 0 aliphatic carbocycles. The van der Waals surface area contributed by atoms with Gasteiger partial charge < -0.3 is 24.6 Å². The number of benzene rings is 1. The highest BCUT2D eigenvalue weighted by atomic mass is 35.5. The third kappa shape index (κ3) is 6.59. The molecule has 3 saturated heterocycles. The number of hydrogen-bond acceptors (Lipinski definition) is 11. The van der Waals surface area contributed by atoms with Crippen molar-refractivity contribution < 1.29 is 17.9 Å². The number of ether oxygens (including phenoxy) is 2. The molecule has 202 valence electrons. The molecule has 37 heavy (non-hydrogen) atoms. The molecule has 1 N–H and O–H groups in total. The van der Waals surface area contributed by atoms with Crippen LogP contribution in [0.2, 0.25) is 5.02 Å². The zero-order chi connectivity index (χ0) is 25.7. The maximum atomic E-state index is 13.1. The van der Waals surface area contributed by atoms with Crippen molar-refractivity contribution in [3.8, 4) is 0 Å². The van der Waals surface area contributed by atoms with E-state index in [9.17, 15) is 8.42 Å². The SMILES string of the molecule is O=S(=O)(c1cccc(Cl)c1)N1CCN(c2nc(NCCN3CCOCC3)nc(N3CCOCC3)n2)CC1. The molecule has 0 saturated carbocycles. The number of morpholine rings is 2. The molecule has 0 spiro atoms. The van der Waals surface area contributed by atoms with Gasteiger partial charge >= 0.3 is 0 Å². The summed E-state index contributed by atoms with van der Waals surface area (Å²) < 4.78 is 38.6. The van der Waals surface area contributed by atoms with E-state index in [1.165, 1.54) is 10.4 Å². The average Bonchev–Trinajstić information content (AvgIpc) is 2.94. The third-order valence-corrected chi connectivity index (χ3v) is 8.81. The number of rotatable bonds is 8. The van der Waals surface area contributed by atoms with Gasteiger partial charge in [-0.3, -0.25) is 4.90 Å². The van der Waals surface area contributed by atoms with Crippen molar-refractivity contribution in [3.05, 3.63) is 29.3 Å². The zero-order valence-corrected chi connectivity index (χ0v) is 22.3. The second kappa shape index (κ2) is 12.0. The second-order valence-corrected chi connectivity index (χ2v) is 11.5. The summed E-state index contributed by atoms with van der Waals surface area (Å²) >= 11 is 6.03. The first kappa shape index (κ1) is 26.3. The van der Waals surface area contributed by atoms with Crippen LogP contribution in [0.25, 0.3) is 0 Å². The largest absolute Gasteiger partial charge is 0.379 e.